The molecule has 2 nitrogen and oxygen atoms in total. The van der Waals surface area contributed by atoms with E-state index in [-0.39, 0.29) is 6.17 Å². The maximum absolute atomic E-state index is 5.61. The van der Waals surface area contributed by atoms with Gasteiger partial charge in [0.15, 0.2) is 0 Å². The fourth-order valence-electron chi connectivity index (χ4n) is 0.650. The van der Waals surface area contributed by atoms with Crippen molar-refractivity contribution in [2.75, 3.05) is 7.05 Å². The van der Waals surface area contributed by atoms with Gasteiger partial charge >= 0.3 is 0 Å². The number of nitrogens with zero attached hydrogens (tertiary/aromatic N) is 1. The predicted molar refractivity (Wildman–Crippen MR) is 41.9 cm³/mol. The van der Waals surface area contributed by atoms with Gasteiger partial charge in [-0.1, -0.05) is 0 Å². The van der Waals surface area contributed by atoms with Gasteiger partial charge in [-0.25, -0.2) is 0 Å². The molecule has 3 heteroatoms. The summed E-state index contributed by atoms with van der Waals surface area (Å²) in [5.74, 6) is 0. The van der Waals surface area contributed by atoms with Crippen LogP contribution in [0.4, 0.5) is 0 Å². The molecule has 0 aromatic carbocycles. The first-order chi connectivity index (χ1) is 4.20. The lowest BCUT2D eigenvalue weighted by atomic mass is 10.3. The minimum atomic E-state index is 0.0336. The molecule has 1 heterocycles. The van der Waals surface area contributed by atoms with Gasteiger partial charge < -0.3 is 10.6 Å². The first kappa shape index (κ1) is 6.83. The van der Waals surface area contributed by atoms with Crippen molar-refractivity contribution in [2.45, 2.75) is 6.17 Å². The molecule has 2 N–H and O–H groups in total. The molecule has 1 aliphatic rings. The molecule has 1 rings (SSSR count). The van der Waals surface area contributed by atoms with Crippen molar-refractivity contribution in [1.82, 2.24) is 4.90 Å². The zero-order valence-electron chi connectivity index (χ0n) is 5.21. The van der Waals surface area contributed by atoms with Crippen LogP contribution >= 0.6 is 15.9 Å². The van der Waals surface area contributed by atoms with E-state index in [4.69, 9.17) is 5.73 Å². The maximum Gasteiger partial charge on any atom is 0.0957 e. The highest BCUT2D eigenvalue weighted by Crippen LogP contribution is 2.13. The number of hydrogen-bond acceptors (Lipinski definition) is 2. The third-order valence-corrected chi connectivity index (χ3v) is 1.72. The van der Waals surface area contributed by atoms with E-state index in [1.807, 2.05) is 30.3 Å². The zero-order valence-corrected chi connectivity index (χ0v) is 6.80. The van der Waals surface area contributed by atoms with Crippen molar-refractivity contribution in [3.05, 3.63) is 22.8 Å². The second-order valence-corrected chi connectivity index (χ2v) is 2.94. The van der Waals surface area contributed by atoms with Crippen LogP contribution in [-0.4, -0.2) is 18.1 Å². The lowest BCUT2D eigenvalue weighted by Crippen LogP contribution is -2.34. The van der Waals surface area contributed by atoms with E-state index >= 15 is 0 Å². The summed E-state index contributed by atoms with van der Waals surface area (Å²) in [4.78, 5) is 1.93. The Morgan fingerprint density at radius 3 is 2.89 bits per heavy atom. The summed E-state index contributed by atoms with van der Waals surface area (Å²) >= 11 is 3.33. The third-order valence-electron chi connectivity index (χ3n) is 1.25. The van der Waals surface area contributed by atoms with Crippen molar-refractivity contribution < 1.29 is 0 Å². The lowest BCUT2D eigenvalue weighted by molar-refractivity contribution is 0.388. The van der Waals surface area contributed by atoms with Crippen LogP contribution in [0.2, 0.25) is 0 Å². The van der Waals surface area contributed by atoms with E-state index < -0.39 is 0 Å². The number of likely N-dealkylation sites (N-methyl/N-ethyl adjacent to an activating group) is 1. The van der Waals surface area contributed by atoms with Gasteiger partial charge in [-0.15, -0.1) is 0 Å². The average molecular weight is 189 g/mol. The summed E-state index contributed by atoms with van der Waals surface area (Å²) in [5.41, 5.74) is 5.61. The SMILES string of the molecule is CN1C=C(Br)C=CC1N. The topological polar surface area (TPSA) is 29.3 Å². The van der Waals surface area contributed by atoms with Gasteiger partial charge in [0.05, 0.1) is 6.17 Å². The second kappa shape index (κ2) is 2.54. The maximum atomic E-state index is 5.61. The van der Waals surface area contributed by atoms with Crippen LogP contribution in [0.15, 0.2) is 22.8 Å². The van der Waals surface area contributed by atoms with Gasteiger partial charge in [0, 0.05) is 17.7 Å². The van der Waals surface area contributed by atoms with Crippen molar-refractivity contribution in [1.29, 1.82) is 0 Å². The van der Waals surface area contributed by atoms with E-state index in [1.54, 1.807) is 0 Å². The molecule has 1 unspecified atom stereocenters. The molecular formula is C6H9BrN2. The summed E-state index contributed by atoms with van der Waals surface area (Å²) < 4.78 is 1.06. The fourth-order valence-corrected chi connectivity index (χ4v) is 1.13. The molecule has 0 radical (unpaired) electrons. The molecular weight excluding hydrogens is 180 g/mol. The normalized spacial score (nSPS) is 26.3. The van der Waals surface area contributed by atoms with Gasteiger partial charge in [-0.2, -0.15) is 0 Å². The Balaban J connectivity index is 2.70. The van der Waals surface area contributed by atoms with Gasteiger partial charge in [0.25, 0.3) is 0 Å². The van der Waals surface area contributed by atoms with E-state index in [0.29, 0.717) is 0 Å². The molecule has 0 amide bonds. The quantitative estimate of drug-likeness (QED) is 0.616. The highest BCUT2D eigenvalue weighted by atomic mass is 79.9. The molecule has 1 atom stereocenters. The molecule has 0 aliphatic carbocycles. The molecule has 0 aromatic heterocycles. The highest BCUT2D eigenvalue weighted by molar-refractivity contribution is 9.11. The average Bonchev–Trinajstić information content (AvgIpc) is 1.80. The molecule has 9 heavy (non-hydrogen) atoms. The van der Waals surface area contributed by atoms with Crippen molar-refractivity contribution >= 4 is 15.9 Å². The minimum Gasteiger partial charge on any atom is -0.361 e. The second-order valence-electron chi connectivity index (χ2n) is 2.03. The summed E-state index contributed by atoms with van der Waals surface area (Å²) in [6.07, 6.45) is 5.87. The van der Waals surface area contributed by atoms with Gasteiger partial charge in [-0.05, 0) is 28.1 Å². The van der Waals surface area contributed by atoms with Crippen molar-refractivity contribution in [3.63, 3.8) is 0 Å². The van der Waals surface area contributed by atoms with Gasteiger partial charge in [0.1, 0.15) is 0 Å². The first-order valence-corrected chi connectivity index (χ1v) is 3.52. The molecule has 0 spiro atoms. The number of nitrogens with two attached hydrogens (primary N) is 1. The number of hydrogen-bond donors (Lipinski definition) is 1. The lowest BCUT2D eigenvalue weighted by Gasteiger charge is -2.22. The van der Waals surface area contributed by atoms with Crippen LogP contribution in [-0.2, 0) is 0 Å². The molecule has 0 aromatic rings. The first-order valence-electron chi connectivity index (χ1n) is 2.73. The van der Waals surface area contributed by atoms with E-state index in [0.717, 1.165) is 4.48 Å². The Kier molecular flexibility index (Phi) is 1.93. The van der Waals surface area contributed by atoms with Crippen LogP contribution in [0, 0.1) is 0 Å². The van der Waals surface area contributed by atoms with Gasteiger partial charge in [-0.3, -0.25) is 0 Å². The van der Waals surface area contributed by atoms with Crippen molar-refractivity contribution in [3.8, 4) is 0 Å². The standard InChI is InChI=1S/C6H9BrN2/c1-9-4-5(7)2-3-6(9)8/h2-4,6H,8H2,1H3. The molecule has 0 saturated heterocycles. The number of rotatable bonds is 0. The fraction of sp³-hybridized carbons (Fsp3) is 0.333. The van der Waals surface area contributed by atoms with Crippen LogP contribution < -0.4 is 5.73 Å². The molecule has 1 aliphatic heterocycles. The Labute approximate surface area is 63.1 Å². The number of allylic oxidation sites excluding steroid dienone is 2. The largest absolute Gasteiger partial charge is 0.361 e. The summed E-state index contributed by atoms with van der Waals surface area (Å²) in [6.45, 7) is 0. The predicted octanol–water partition coefficient (Wildman–Crippen LogP) is 1.01. The summed E-state index contributed by atoms with van der Waals surface area (Å²) in [7, 11) is 1.94. The van der Waals surface area contributed by atoms with E-state index in [1.165, 1.54) is 0 Å². The monoisotopic (exact) mass is 188 g/mol. The minimum absolute atomic E-state index is 0.0336. The third kappa shape index (κ3) is 1.56. The van der Waals surface area contributed by atoms with Crippen LogP contribution in [0.3, 0.4) is 0 Å². The highest BCUT2D eigenvalue weighted by Gasteiger charge is 2.05. The van der Waals surface area contributed by atoms with Crippen LogP contribution in [0.5, 0.6) is 0 Å². The smallest absolute Gasteiger partial charge is 0.0957 e. The Bertz CT molecular complexity index is 162. The summed E-state index contributed by atoms with van der Waals surface area (Å²) in [6, 6.07) is 0. The van der Waals surface area contributed by atoms with E-state index in [2.05, 4.69) is 15.9 Å². The van der Waals surface area contributed by atoms with Crippen LogP contribution in [0.25, 0.3) is 0 Å². The Morgan fingerprint density at radius 2 is 2.44 bits per heavy atom. The Morgan fingerprint density at radius 1 is 1.78 bits per heavy atom. The molecule has 0 saturated carbocycles. The molecule has 0 fully saturated rings. The molecule has 50 valence electrons. The van der Waals surface area contributed by atoms with Gasteiger partial charge in [0.2, 0.25) is 0 Å². The van der Waals surface area contributed by atoms with Crippen LogP contribution in [0.1, 0.15) is 0 Å². The summed E-state index contributed by atoms with van der Waals surface area (Å²) in [5, 5.41) is 0. The Hall–Kier alpha value is -0.280. The zero-order chi connectivity index (χ0) is 6.85. The number of halogens is 1. The van der Waals surface area contributed by atoms with Crippen molar-refractivity contribution in [2.24, 2.45) is 5.73 Å². The van der Waals surface area contributed by atoms with E-state index in [9.17, 15) is 0 Å². The molecule has 0 bridgehead atoms.